The fourth-order valence-corrected chi connectivity index (χ4v) is 0.413. The molecule has 0 aromatic rings. The number of nitrogens with zero attached hydrogens (tertiary/aromatic N) is 1. The minimum Gasteiger partial charge on any atom is -0.384 e. The van der Waals surface area contributed by atoms with Crippen LogP contribution in [0.2, 0.25) is 0 Å². The minimum atomic E-state index is 0.108. The van der Waals surface area contributed by atoms with E-state index < -0.39 is 0 Å². The highest BCUT2D eigenvalue weighted by molar-refractivity contribution is 5.75. The molecule has 0 aromatic heterocycles. The molecule has 0 N–H and O–H groups in total. The first-order valence-electron chi connectivity index (χ1n) is 2.87. The van der Waals surface area contributed by atoms with Gasteiger partial charge in [0.1, 0.15) is 0 Å². The molecule has 0 spiro atoms. The number of rotatable bonds is 3. The molecular weight excluding hydrogens is 118 g/mol. The van der Waals surface area contributed by atoms with Gasteiger partial charge in [-0.1, -0.05) is 0 Å². The zero-order valence-electron chi connectivity index (χ0n) is 6.18. The molecule has 3 heteroatoms. The molecule has 0 heterocycles. The van der Waals surface area contributed by atoms with Crippen molar-refractivity contribution in [2.75, 3.05) is 27.8 Å². The van der Waals surface area contributed by atoms with Gasteiger partial charge in [0.25, 0.3) is 0 Å². The van der Waals surface area contributed by atoms with Gasteiger partial charge in [0.05, 0.1) is 13.0 Å². The van der Waals surface area contributed by atoms with Crippen molar-refractivity contribution >= 4 is 5.91 Å². The van der Waals surface area contributed by atoms with Crippen LogP contribution in [0.3, 0.4) is 0 Å². The van der Waals surface area contributed by atoms with Crippen molar-refractivity contribution in [2.24, 2.45) is 0 Å². The van der Waals surface area contributed by atoms with Crippen LogP contribution >= 0.6 is 0 Å². The van der Waals surface area contributed by atoms with E-state index in [0.29, 0.717) is 13.0 Å². The SMILES string of the molecule is COCCC(=O)N(C)C. The second kappa shape index (κ2) is 4.32. The van der Waals surface area contributed by atoms with Crippen LogP contribution in [0.25, 0.3) is 0 Å². The summed E-state index contributed by atoms with van der Waals surface area (Å²) in [5.41, 5.74) is 0. The molecule has 0 radical (unpaired) electrons. The first kappa shape index (κ1) is 8.43. The van der Waals surface area contributed by atoms with Gasteiger partial charge in [-0.25, -0.2) is 0 Å². The average Bonchev–Trinajstić information content (AvgIpc) is 1.82. The van der Waals surface area contributed by atoms with Gasteiger partial charge in [-0.3, -0.25) is 4.79 Å². The van der Waals surface area contributed by atoms with E-state index in [2.05, 4.69) is 0 Å². The van der Waals surface area contributed by atoms with E-state index in [1.54, 1.807) is 26.1 Å². The summed E-state index contributed by atoms with van der Waals surface area (Å²) in [6.45, 7) is 0.511. The number of methoxy groups -OCH3 is 1. The Bertz CT molecular complexity index is 91.1. The quantitative estimate of drug-likeness (QED) is 0.544. The van der Waals surface area contributed by atoms with Crippen LogP contribution in [-0.2, 0) is 9.53 Å². The molecular formula is C6H13NO2. The summed E-state index contributed by atoms with van der Waals surface area (Å²) in [6, 6.07) is 0. The average molecular weight is 131 g/mol. The second-order valence-electron chi connectivity index (χ2n) is 2.03. The maximum absolute atomic E-state index is 10.7. The van der Waals surface area contributed by atoms with E-state index in [0.717, 1.165) is 0 Å². The van der Waals surface area contributed by atoms with Crippen LogP contribution in [0.1, 0.15) is 6.42 Å². The van der Waals surface area contributed by atoms with Crippen LogP contribution in [0.15, 0.2) is 0 Å². The van der Waals surface area contributed by atoms with E-state index in [-0.39, 0.29) is 5.91 Å². The van der Waals surface area contributed by atoms with Crippen molar-refractivity contribution in [1.29, 1.82) is 0 Å². The molecule has 1 amide bonds. The van der Waals surface area contributed by atoms with Gasteiger partial charge >= 0.3 is 0 Å². The normalized spacial score (nSPS) is 9.22. The van der Waals surface area contributed by atoms with Crippen LogP contribution in [-0.4, -0.2) is 38.6 Å². The second-order valence-corrected chi connectivity index (χ2v) is 2.03. The molecule has 0 unspecified atom stereocenters. The molecule has 0 rings (SSSR count). The van der Waals surface area contributed by atoms with Gasteiger partial charge in [0.2, 0.25) is 5.91 Å². The highest BCUT2D eigenvalue weighted by Crippen LogP contribution is 1.85. The number of amides is 1. The lowest BCUT2D eigenvalue weighted by atomic mass is 10.4. The van der Waals surface area contributed by atoms with Crippen molar-refractivity contribution in [3.05, 3.63) is 0 Å². The summed E-state index contributed by atoms with van der Waals surface area (Å²) < 4.78 is 4.72. The van der Waals surface area contributed by atoms with Crippen LogP contribution < -0.4 is 0 Å². The monoisotopic (exact) mass is 131 g/mol. The Morgan fingerprint density at radius 2 is 2.11 bits per heavy atom. The predicted octanol–water partition coefficient (Wildman–Crippen LogP) is 0.111. The first-order chi connectivity index (χ1) is 4.18. The lowest BCUT2D eigenvalue weighted by molar-refractivity contribution is -0.129. The minimum absolute atomic E-state index is 0.108. The van der Waals surface area contributed by atoms with Gasteiger partial charge in [-0.15, -0.1) is 0 Å². The molecule has 0 saturated heterocycles. The van der Waals surface area contributed by atoms with Gasteiger partial charge in [0.15, 0.2) is 0 Å². The van der Waals surface area contributed by atoms with E-state index in [1.165, 1.54) is 0 Å². The third-order valence-corrected chi connectivity index (χ3v) is 1.02. The van der Waals surface area contributed by atoms with Crippen LogP contribution in [0, 0.1) is 0 Å². The maximum Gasteiger partial charge on any atom is 0.224 e. The van der Waals surface area contributed by atoms with Crippen LogP contribution in [0.4, 0.5) is 0 Å². The number of hydrogen-bond donors (Lipinski definition) is 0. The highest BCUT2D eigenvalue weighted by atomic mass is 16.5. The summed E-state index contributed by atoms with van der Waals surface area (Å²) in [6.07, 6.45) is 0.476. The van der Waals surface area contributed by atoms with Crippen molar-refractivity contribution < 1.29 is 9.53 Å². The Morgan fingerprint density at radius 1 is 1.56 bits per heavy atom. The summed E-state index contributed by atoms with van der Waals surface area (Å²) in [5.74, 6) is 0.108. The summed E-state index contributed by atoms with van der Waals surface area (Å²) in [7, 11) is 5.05. The van der Waals surface area contributed by atoms with Crippen molar-refractivity contribution in [1.82, 2.24) is 4.90 Å². The maximum atomic E-state index is 10.7. The lowest BCUT2D eigenvalue weighted by Gasteiger charge is -2.08. The fraction of sp³-hybridized carbons (Fsp3) is 0.833. The smallest absolute Gasteiger partial charge is 0.224 e. The molecule has 54 valence electrons. The molecule has 0 aliphatic heterocycles. The molecule has 9 heavy (non-hydrogen) atoms. The van der Waals surface area contributed by atoms with Crippen molar-refractivity contribution in [3.8, 4) is 0 Å². The van der Waals surface area contributed by atoms with Gasteiger partial charge in [-0.05, 0) is 0 Å². The van der Waals surface area contributed by atoms with Crippen molar-refractivity contribution in [2.45, 2.75) is 6.42 Å². The first-order valence-corrected chi connectivity index (χ1v) is 2.87. The van der Waals surface area contributed by atoms with Gasteiger partial charge in [-0.2, -0.15) is 0 Å². The third kappa shape index (κ3) is 3.97. The summed E-state index contributed by atoms with van der Waals surface area (Å²) in [5, 5.41) is 0. The fourth-order valence-electron chi connectivity index (χ4n) is 0.413. The number of carbonyl (C=O) groups excluding carboxylic acids is 1. The summed E-state index contributed by atoms with van der Waals surface area (Å²) >= 11 is 0. The largest absolute Gasteiger partial charge is 0.384 e. The zero-order chi connectivity index (χ0) is 7.28. The molecule has 0 saturated carbocycles. The summed E-state index contributed by atoms with van der Waals surface area (Å²) in [4.78, 5) is 12.3. The number of carbonyl (C=O) groups is 1. The van der Waals surface area contributed by atoms with Gasteiger partial charge < -0.3 is 9.64 Å². The topological polar surface area (TPSA) is 29.5 Å². The molecule has 0 fully saturated rings. The van der Waals surface area contributed by atoms with E-state index in [9.17, 15) is 4.79 Å². The Balaban J connectivity index is 3.28. The Hall–Kier alpha value is -0.570. The standard InChI is InChI=1S/C6H13NO2/c1-7(2)6(8)4-5-9-3/h4-5H2,1-3H3. The lowest BCUT2D eigenvalue weighted by Crippen LogP contribution is -2.22. The molecule has 0 aromatic carbocycles. The van der Waals surface area contributed by atoms with Crippen LogP contribution in [0.5, 0.6) is 0 Å². The highest BCUT2D eigenvalue weighted by Gasteiger charge is 2.00. The zero-order valence-corrected chi connectivity index (χ0v) is 6.18. The Morgan fingerprint density at radius 3 is 2.44 bits per heavy atom. The molecule has 3 nitrogen and oxygen atoms in total. The molecule has 0 aliphatic rings. The Kier molecular flexibility index (Phi) is 4.05. The predicted molar refractivity (Wildman–Crippen MR) is 35.2 cm³/mol. The molecule has 0 bridgehead atoms. The Labute approximate surface area is 55.6 Å². The van der Waals surface area contributed by atoms with E-state index in [4.69, 9.17) is 4.74 Å². The molecule has 0 aliphatic carbocycles. The number of ether oxygens (including phenoxy) is 1. The van der Waals surface area contributed by atoms with E-state index in [1.807, 2.05) is 0 Å². The number of hydrogen-bond acceptors (Lipinski definition) is 2. The van der Waals surface area contributed by atoms with Gasteiger partial charge in [0, 0.05) is 21.2 Å². The third-order valence-electron chi connectivity index (χ3n) is 1.02. The van der Waals surface area contributed by atoms with E-state index >= 15 is 0 Å². The van der Waals surface area contributed by atoms with Crippen molar-refractivity contribution in [3.63, 3.8) is 0 Å². The molecule has 0 atom stereocenters.